The van der Waals surface area contributed by atoms with Crippen LogP contribution in [-0.4, -0.2) is 16.7 Å². The zero-order valence-corrected chi connectivity index (χ0v) is 20.8. The van der Waals surface area contributed by atoms with E-state index in [1.165, 1.54) is 11.1 Å². The minimum absolute atomic E-state index is 0.00223. The van der Waals surface area contributed by atoms with Gasteiger partial charge in [0.1, 0.15) is 37.0 Å². The summed E-state index contributed by atoms with van der Waals surface area (Å²) in [5.74, 6) is -0.0316. The van der Waals surface area contributed by atoms with Crippen LogP contribution in [0.1, 0.15) is 54.3 Å². The smallest absolute Gasteiger partial charge is 0.415 e. The van der Waals surface area contributed by atoms with Crippen LogP contribution in [-0.2, 0) is 31.2 Å². The Bertz CT molecular complexity index is 1320. The lowest BCUT2D eigenvalue weighted by Gasteiger charge is -2.28. The summed E-state index contributed by atoms with van der Waals surface area (Å²) in [5.41, 5.74) is 1.53. The molecule has 9 heteroatoms. The molecule has 1 aromatic heterocycles. The van der Waals surface area contributed by atoms with Crippen molar-refractivity contribution in [3.63, 3.8) is 0 Å². The zero-order valence-electron chi connectivity index (χ0n) is 20.8. The number of hydrogen-bond donors (Lipinski definition) is 0. The summed E-state index contributed by atoms with van der Waals surface area (Å²) in [5, 5.41) is 18.1. The van der Waals surface area contributed by atoms with Crippen molar-refractivity contribution in [1.29, 1.82) is 10.5 Å². The van der Waals surface area contributed by atoms with Crippen molar-refractivity contribution >= 4 is 11.8 Å². The van der Waals surface area contributed by atoms with Crippen molar-refractivity contribution in [2.45, 2.75) is 52.9 Å². The number of benzene rings is 2. The predicted molar refractivity (Wildman–Crippen MR) is 133 cm³/mol. The van der Waals surface area contributed by atoms with E-state index in [0.717, 1.165) is 0 Å². The number of nitrogens with zero attached hydrogens (tertiary/aromatic N) is 4. The molecule has 0 aliphatic heterocycles. The number of pyridine rings is 1. The molecule has 3 aromatic rings. The van der Waals surface area contributed by atoms with Crippen LogP contribution in [0.25, 0.3) is 0 Å². The van der Waals surface area contributed by atoms with Gasteiger partial charge in [0, 0.05) is 17.4 Å². The average molecular weight is 505 g/mol. The van der Waals surface area contributed by atoms with E-state index in [4.69, 9.17) is 20.0 Å². The van der Waals surface area contributed by atoms with E-state index in [-0.39, 0.29) is 30.2 Å². The van der Waals surface area contributed by atoms with Crippen molar-refractivity contribution in [1.82, 2.24) is 4.98 Å². The second-order valence-corrected chi connectivity index (χ2v) is 9.13. The Balaban J connectivity index is 1.97. The normalized spacial score (nSPS) is 10.8. The molecule has 37 heavy (non-hydrogen) atoms. The summed E-state index contributed by atoms with van der Waals surface area (Å²) in [6, 6.07) is 16.9. The molecule has 0 aliphatic carbocycles. The quantitative estimate of drug-likeness (QED) is 0.358. The highest BCUT2D eigenvalue weighted by atomic mass is 19.1. The second kappa shape index (κ2) is 12.0. The van der Waals surface area contributed by atoms with Gasteiger partial charge in [-0.3, -0.25) is 9.88 Å². The van der Waals surface area contributed by atoms with Crippen molar-refractivity contribution < 1.29 is 23.0 Å². The first-order valence-corrected chi connectivity index (χ1v) is 11.4. The minimum atomic E-state index is -0.983. The van der Waals surface area contributed by atoms with Crippen LogP contribution in [0, 0.1) is 22.7 Å². The van der Waals surface area contributed by atoms with Gasteiger partial charge in [0.25, 0.3) is 0 Å². The molecule has 190 valence electrons. The van der Waals surface area contributed by atoms with Gasteiger partial charge in [-0.15, -0.1) is 0 Å². The van der Waals surface area contributed by atoms with Gasteiger partial charge in [0.05, 0.1) is 29.8 Å². The number of alkyl halides is 2. The van der Waals surface area contributed by atoms with Crippen LogP contribution in [0.4, 0.5) is 19.3 Å². The van der Waals surface area contributed by atoms with Crippen LogP contribution in [0.3, 0.4) is 0 Å². The zero-order chi connectivity index (χ0) is 27.0. The van der Waals surface area contributed by atoms with E-state index in [2.05, 4.69) is 4.98 Å². The van der Waals surface area contributed by atoms with E-state index in [1.807, 2.05) is 12.1 Å². The molecule has 7 nitrogen and oxygen atoms in total. The first-order chi connectivity index (χ1) is 17.7. The largest absolute Gasteiger partial charge is 0.486 e. The lowest BCUT2D eigenvalue weighted by atomic mass is 10.1. The summed E-state index contributed by atoms with van der Waals surface area (Å²) >= 11 is 0. The average Bonchev–Trinajstić information content (AvgIpc) is 2.89. The number of amides is 1. The molecule has 1 heterocycles. The standard InChI is InChI=1S/C28H26F2N4O3/c1-28(2,3)37-27(35)34(23-10-8-20(15-32)9-11-23)17-22-16-33-25(13-30)26(24(22)12-29)36-18-21-6-4-19(14-31)5-7-21/h4-11,16H,12-13,17-18H2,1-3H3. The number of nitriles is 2. The van der Waals surface area contributed by atoms with Gasteiger partial charge in [-0.25, -0.2) is 13.6 Å². The number of rotatable bonds is 8. The Morgan fingerprint density at radius 2 is 1.57 bits per heavy atom. The first-order valence-electron chi connectivity index (χ1n) is 11.4. The van der Waals surface area contributed by atoms with Crippen molar-refractivity contribution in [3.05, 3.63) is 88.2 Å². The number of hydrogen-bond acceptors (Lipinski definition) is 6. The first kappa shape index (κ1) is 27.1. The van der Waals surface area contributed by atoms with Crippen molar-refractivity contribution in [2.24, 2.45) is 0 Å². The lowest BCUT2D eigenvalue weighted by Crippen LogP contribution is -2.36. The van der Waals surface area contributed by atoms with Crippen molar-refractivity contribution in [3.8, 4) is 17.9 Å². The van der Waals surface area contributed by atoms with Gasteiger partial charge in [-0.05, 0) is 68.3 Å². The number of carbonyl (C=O) groups is 1. The molecular weight excluding hydrogens is 478 g/mol. The third-order valence-electron chi connectivity index (χ3n) is 5.28. The predicted octanol–water partition coefficient (Wildman–Crippen LogP) is 6.28. The van der Waals surface area contributed by atoms with Gasteiger partial charge < -0.3 is 9.47 Å². The van der Waals surface area contributed by atoms with Gasteiger partial charge in [-0.1, -0.05) is 12.1 Å². The topological polar surface area (TPSA) is 99.2 Å². The van der Waals surface area contributed by atoms with Crippen LogP contribution in [0.5, 0.6) is 5.75 Å². The Labute approximate surface area is 214 Å². The fraction of sp³-hybridized carbons (Fsp3) is 0.286. The van der Waals surface area contributed by atoms with Crippen LogP contribution in [0.2, 0.25) is 0 Å². The van der Waals surface area contributed by atoms with Gasteiger partial charge in [0.2, 0.25) is 0 Å². The summed E-state index contributed by atoms with van der Waals surface area (Å²) in [4.78, 5) is 18.5. The third-order valence-corrected chi connectivity index (χ3v) is 5.28. The van der Waals surface area contributed by atoms with E-state index in [1.54, 1.807) is 69.3 Å². The third kappa shape index (κ3) is 7.02. The number of anilines is 1. The fourth-order valence-electron chi connectivity index (χ4n) is 3.46. The van der Waals surface area contributed by atoms with Crippen LogP contribution >= 0.6 is 0 Å². The fourth-order valence-corrected chi connectivity index (χ4v) is 3.46. The molecule has 0 fully saturated rings. The Morgan fingerprint density at radius 3 is 2.08 bits per heavy atom. The molecule has 0 aliphatic rings. The molecular formula is C28H26F2N4O3. The van der Waals surface area contributed by atoms with E-state index in [9.17, 15) is 13.6 Å². The maximum Gasteiger partial charge on any atom is 0.415 e. The number of aromatic nitrogens is 1. The summed E-state index contributed by atoms with van der Waals surface area (Å²) in [6.07, 6.45) is 0.635. The molecule has 0 saturated carbocycles. The molecule has 0 atom stereocenters. The molecule has 0 radical (unpaired) electrons. The molecule has 0 saturated heterocycles. The highest BCUT2D eigenvalue weighted by Crippen LogP contribution is 2.31. The van der Waals surface area contributed by atoms with E-state index < -0.39 is 25.0 Å². The van der Waals surface area contributed by atoms with Gasteiger partial charge in [0.15, 0.2) is 0 Å². The number of halogens is 2. The molecule has 3 rings (SSSR count). The Kier molecular flexibility index (Phi) is 8.76. The highest BCUT2D eigenvalue weighted by Gasteiger charge is 2.26. The Morgan fingerprint density at radius 1 is 0.973 bits per heavy atom. The summed E-state index contributed by atoms with van der Waals surface area (Å²) < 4.78 is 39.5. The molecule has 2 aromatic carbocycles. The van der Waals surface area contributed by atoms with Crippen molar-refractivity contribution in [2.75, 3.05) is 4.90 Å². The monoisotopic (exact) mass is 504 g/mol. The van der Waals surface area contributed by atoms with E-state index in [0.29, 0.717) is 27.9 Å². The Hall–Kier alpha value is -4.50. The molecule has 0 N–H and O–H groups in total. The van der Waals surface area contributed by atoms with Gasteiger partial charge >= 0.3 is 6.09 Å². The second-order valence-electron chi connectivity index (χ2n) is 9.13. The number of ether oxygens (including phenoxy) is 2. The van der Waals surface area contributed by atoms with Crippen LogP contribution < -0.4 is 9.64 Å². The van der Waals surface area contributed by atoms with E-state index >= 15 is 0 Å². The molecule has 0 unspecified atom stereocenters. The lowest BCUT2D eigenvalue weighted by molar-refractivity contribution is 0.0577. The van der Waals surface area contributed by atoms with Crippen LogP contribution in [0.15, 0.2) is 54.7 Å². The molecule has 0 bridgehead atoms. The minimum Gasteiger partial charge on any atom is -0.486 e. The molecule has 0 spiro atoms. The molecule has 1 amide bonds. The summed E-state index contributed by atoms with van der Waals surface area (Å²) in [6.45, 7) is 3.09. The number of carbonyl (C=O) groups excluding carboxylic acids is 1. The summed E-state index contributed by atoms with van der Waals surface area (Å²) in [7, 11) is 0. The maximum absolute atomic E-state index is 14.4. The SMILES string of the molecule is CC(C)(C)OC(=O)N(Cc1cnc(CF)c(OCc2ccc(C#N)cc2)c1CF)c1ccc(C#N)cc1. The van der Waals surface area contributed by atoms with Gasteiger partial charge in [-0.2, -0.15) is 10.5 Å². The highest BCUT2D eigenvalue weighted by molar-refractivity contribution is 5.88. The maximum atomic E-state index is 14.4.